The Labute approximate surface area is 72.2 Å². The fourth-order valence-corrected chi connectivity index (χ4v) is 1.76. The minimum Gasteiger partial charge on any atom is -0.0840 e. The lowest BCUT2D eigenvalue weighted by Gasteiger charge is -2.04. The monoisotopic (exact) mass is 165 g/mol. The van der Waals surface area contributed by atoms with E-state index in [2.05, 4.69) is 6.92 Å². The lowest BCUT2D eigenvalue weighted by Crippen LogP contribution is -1.85. The van der Waals surface area contributed by atoms with Crippen molar-refractivity contribution >= 4 is 11.6 Å². The van der Waals surface area contributed by atoms with E-state index in [-0.39, 0.29) is 0 Å². The molecule has 0 spiro atoms. The van der Waals surface area contributed by atoms with Crippen LogP contribution in [0.5, 0.6) is 0 Å². The molecule has 0 atom stereocenters. The third-order valence-electron chi connectivity index (χ3n) is 2.13. The number of rotatable bonds is 1. The van der Waals surface area contributed by atoms with Crippen molar-refractivity contribution in [1.29, 1.82) is 0 Å². The number of hydrogen-bond donors (Lipinski definition) is 0. The number of benzene rings is 1. The molecule has 1 fully saturated rings. The van der Waals surface area contributed by atoms with Gasteiger partial charge in [-0.1, -0.05) is 23.7 Å². The standard InChI is InChI=1S/C10H10Cl/c1-7-3-2-4-9(11)10(7)8-5-6-8/h2-4,8H,1,5-6H2. The van der Waals surface area contributed by atoms with E-state index in [1.807, 2.05) is 18.2 Å². The van der Waals surface area contributed by atoms with Gasteiger partial charge in [-0.25, -0.2) is 0 Å². The number of halogens is 1. The molecule has 57 valence electrons. The lowest BCUT2D eigenvalue weighted by molar-refractivity contribution is 1.12. The molecule has 1 aromatic rings. The highest BCUT2D eigenvalue weighted by molar-refractivity contribution is 6.31. The number of hydrogen-bond acceptors (Lipinski definition) is 0. The van der Waals surface area contributed by atoms with Crippen molar-refractivity contribution in [2.24, 2.45) is 0 Å². The van der Waals surface area contributed by atoms with E-state index in [0.717, 1.165) is 10.6 Å². The van der Waals surface area contributed by atoms with Crippen molar-refractivity contribution in [2.45, 2.75) is 18.8 Å². The largest absolute Gasteiger partial charge is 0.0840 e. The predicted octanol–water partition coefficient (Wildman–Crippen LogP) is 3.40. The molecular formula is C10H10Cl. The fourth-order valence-electron chi connectivity index (χ4n) is 1.41. The molecule has 1 aliphatic rings. The van der Waals surface area contributed by atoms with Gasteiger partial charge in [0.05, 0.1) is 0 Å². The van der Waals surface area contributed by atoms with E-state index in [9.17, 15) is 0 Å². The first-order chi connectivity index (χ1) is 5.29. The summed E-state index contributed by atoms with van der Waals surface area (Å²) in [5, 5.41) is 0.889. The quantitative estimate of drug-likeness (QED) is 0.599. The third kappa shape index (κ3) is 1.28. The van der Waals surface area contributed by atoms with Crippen LogP contribution in [0.4, 0.5) is 0 Å². The molecule has 1 aromatic carbocycles. The molecule has 1 heteroatoms. The topological polar surface area (TPSA) is 0 Å². The summed E-state index contributed by atoms with van der Waals surface area (Å²) in [7, 11) is 0. The van der Waals surface area contributed by atoms with Crippen molar-refractivity contribution in [3.63, 3.8) is 0 Å². The van der Waals surface area contributed by atoms with Crippen LogP contribution in [0.25, 0.3) is 0 Å². The zero-order valence-electron chi connectivity index (χ0n) is 6.31. The van der Waals surface area contributed by atoms with Crippen molar-refractivity contribution in [1.82, 2.24) is 0 Å². The minimum absolute atomic E-state index is 0.705. The van der Waals surface area contributed by atoms with Gasteiger partial charge in [-0.15, -0.1) is 0 Å². The Hall–Kier alpha value is -0.490. The van der Waals surface area contributed by atoms with Crippen molar-refractivity contribution in [3.05, 3.63) is 41.3 Å². The Morgan fingerprint density at radius 2 is 2.09 bits per heavy atom. The molecule has 0 aliphatic heterocycles. The van der Waals surface area contributed by atoms with E-state index >= 15 is 0 Å². The summed E-state index contributed by atoms with van der Waals surface area (Å²) >= 11 is 6.02. The molecule has 2 rings (SSSR count). The molecule has 0 N–H and O–H groups in total. The van der Waals surface area contributed by atoms with E-state index in [0.29, 0.717) is 5.92 Å². The van der Waals surface area contributed by atoms with Crippen LogP contribution in [-0.2, 0) is 0 Å². The lowest BCUT2D eigenvalue weighted by atomic mass is 10.1. The van der Waals surface area contributed by atoms with Gasteiger partial charge in [0.2, 0.25) is 0 Å². The average molecular weight is 166 g/mol. The zero-order valence-corrected chi connectivity index (χ0v) is 7.06. The molecular weight excluding hydrogens is 156 g/mol. The second kappa shape index (κ2) is 2.53. The maximum absolute atomic E-state index is 6.02. The smallest absolute Gasteiger partial charge is 0.0443 e. The molecule has 0 saturated heterocycles. The van der Waals surface area contributed by atoms with E-state index in [1.54, 1.807) is 0 Å². The van der Waals surface area contributed by atoms with Gasteiger partial charge in [0.1, 0.15) is 0 Å². The van der Waals surface area contributed by atoms with Crippen LogP contribution in [0.3, 0.4) is 0 Å². The van der Waals surface area contributed by atoms with Crippen LogP contribution in [0.2, 0.25) is 5.02 Å². The molecule has 0 amide bonds. The Morgan fingerprint density at radius 1 is 1.36 bits per heavy atom. The van der Waals surface area contributed by atoms with Gasteiger partial charge in [-0.2, -0.15) is 0 Å². The summed E-state index contributed by atoms with van der Waals surface area (Å²) in [6.45, 7) is 3.96. The van der Waals surface area contributed by atoms with Gasteiger partial charge >= 0.3 is 0 Å². The van der Waals surface area contributed by atoms with Gasteiger partial charge in [0.25, 0.3) is 0 Å². The van der Waals surface area contributed by atoms with Crippen LogP contribution in [0.1, 0.15) is 29.9 Å². The Balaban J connectivity index is 2.48. The third-order valence-corrected chi connectivity index (χ3v) is 2.46. The highest BCUT2D eigenvalue weighted by Crippen LogP contribution is 2.44. The maximum Gasteiger partial charge on any atom is 0.0443 e. The first-order valence-electron chi connectivity index (χ1n) is 3.89. The van der Waals surface area contributed by atoms with Crippen molar-refractivity contribution in [2.75, 3.05) is 0 Å². The molecule has 0 nitrogen and oxygen atoms in total. The first kappa shape index (κ1) is 7.17. The Morgan fingerprint density at radius 3 is 2.64 bits per heavy atom. The van der Waals surface area contributed by atoms with Gasteiger partial charge in [0.15, 0.2) is 0 Å². The predicted molar refractivity (Wildman–Crippen MR) is 47.9 cm³/mol. The summed E-state index contributed by atoms with van der Waals surface area (Å²) < 4.78 is 0. The van der Waals surface area contributed by atoms with Crippen LogP contribution in [-0.4, -0.2) is 0 Å². The van der Waals surface area contributed by atoms with Crippen LogP contribution in [0, 0.1) is 6.92 Å². The van der Waals surface area contributed by atoms with Crippen LogP contribution < -0.4 is 0 Å². The second-order valence-corrected chi connectivity index (χ2v) is 3.49. The van der Waals surface area contributed by atoms with E-state index < -0.39 is 0 Å². The molecule has 11 heavy (non-hydrogen) atoms. The van der Waals surface area contributed by atoms with Gasteiger partial charge in [0, 0.05) is 5.02 Å². The molecule has 0 heterocycles. The second-order valence-electron chi connectivity index (χ2n) is 3.09. The van der Waals surface area contributed by atoms with Crippen LogP contribution in [0.15, 0.2) is 18.2 Å². The fraction of sp³-hybridized carbons (Fsp3) is 0.300. The van der Waals surface area contributed by atoms with Crippen LogP contribution >= 0.6 is 11.6 Å². The highest BCUT2D eigenvalue weighted by atomic mass is 35.5. The molecule has 1 radical (unpaired) electrons. The summed E-state index contributed by atoms with van der Waals surface area (Å²) in [4.78, 5) is 0. The Kier molecular flexibility index (Phi) is 1.65. The molecule has 0 bridgehead atoms. The first-order valence-corrected chi connectivity index (χ1v) is 4.27. The van der Waals surface area contributed by atoms with Gasteiger partial charge in [-0.05, 0) is 42.9 Å². The minimum atomic E-state index is 0.705. The molecule has 0 aromatic heterocycles. The highest BCUT2D eigenvalue weighted by Gasteiger charge is 2.26. The zero-order chi connectivity index (χ0) is 7.84. The SMILES string of the molecule is [CH2]c1cccc(Cl)c1C1CC1. The Bertz CT molecular complexity index is 254. The van der Waals surface area contributed by atoms with Crippen molar-refractivity contribution in [3.8, 4) is 0 Å². The summed E-state index contributed by atoms with van der Waals surface area (Å²) in [5.41, 5.74) is 2.37. The van der Waals surface area contributed by atoms with E-state index in [1.165, 1.54) is 18.4 Å². The average Bonchev–Trinajstić information content (AvgIpc) is 2.70. The maximum atomic E-state index is 6.02. The normalized spacial score (nSPS) is 16.9. The van der Waals surface area contributed by atoms with E-state index in [4.69, 9.17) is 11.6 Å². The van der Waals surface area contributed by atoms with Crippen molar-refractivity contribution < 1.29 is 0 Å². The summed E-state index contributed by atoms with van der Waals surface area (Å²) in [6.07, 6.45) is 2.57. The summed E-state index contributed by atoms with van der Waals surface area (Å²) in [5.74, 6) is 0.705. The van der Waals surface area contributed by atoms with Gasteiger partial charge in [-0.3, -0.25) is 0 Å². The molecule has 0 unspecified atom stereocenters. The summed E-state index contributed by atoms with van der Waals surface area (Å²) in [6, 6.07) is 5.93. The van der Waals surface area contributed by atoms with Gasteiger partial charge < -0.3 is 0 Å². The molecule has 1 aliphatic carbocycles. The molecule has 1 saturated carbocycles.